The van der Waals surface area contributed by atoms with Crippen LogP contribution in [-0.4, -0.2) is 10.4 Å². The van der Waals surface area contributed by atoms with Gasteiger partial charge in [0.25, 0.3) is 0 Å². The molecule has 0 atom stereocenters. The van der Waals surface area contributed by atoms with Gasteiger partial charge in [-0.25, -0.2) is 13.6 Å². The van der Waals surface area contributed by atoms with Crippen molar-refractivity contribution in [2.75, 3.05) is 0 Å². The van der Waals surface area contributed by atoms with Crippen molar-refractivity contribution in [1.82, 2.24) is 4.57 Å². The van der Waals surface area contributed by atoms with Gasteiger partial charge in [-0.2, -0.15) is 13.2 Å². The zero-order chi connectivity index (χ0) is 25.5. The molecule has 3 aromatic carbocycles. The van der Waals surface area contributed by atoms with Gasteiger partial charge >= 0.3 is 6.18 Å². The number of hydrogen-bond donors (Lipinski definition) is 0. The molecular weight excluding hydrogens is 463 g/mol. The second-order valence-corrected chi connectivity index (χ2v) is 8.70. The van der Waals surface area contributed by atoms with Crippen molar-refractivity contribution in [2.45, 2.75) is 32.0 Å². The SMILES string of the molecule is [C-]#[N+]c1ccc(CC(=O)C(C)(C)n2ccc3c(F)cc(-c4ccc(F)cc4)cc32)cc1C(F)(F)F. The average molecular weight is 482 g/mol. The highest BCUT2D eigenvalue weighted by Gasteiger charge is 2.35. The van der Waals surface area contributed by atoms with E-state index in [0.717, 1.165) is 12.1 Å². The summed E-state index contributed by atoms with van der Waals surface area (Å²) in [6.45, 7) is 10.2. The number of hydrogen-bond acceptors (Lipinski definition) is 1. The number of Topliss-reactive ketones (excluding diaryl/α,β-unsaturated/α-hetero) is 1. The van der Waals surface area contributed by atoms with Crippen LogP contribution in [0.1, 0.15) is 25.0 Å². The van der Waals surface area contributed by atoms with Gasteiger partial charge < -0.3 is 4.57 Å². The minimum Gasteiger partial charge on any atom is -0.335 e. The van der Waals surface area contributed by atoms with Crippen LogP contribution in [0, 0.1) is 18.2 Å². The molecule has 8 heteroatoms. The molecule has 0 aliphatic carbocycles. The molecule has 178 valence electrons. The van der Waals surface area contributed by atoms with Crippen LogP contribution in [-0.2, 0) is 22.9 Å². The summed E-state index contributed by atoms with van der Waals surface area (Å²) >= 11 is 0. The van der Waals surface area contributed by atoms with Gasteiger partial charge in [-0.1, -0.05) is 30.3 Å². The molecule has 1 heterocycles. The first-order valence-corrected chi connectivity index (χ1v) is 10.6. The van der Waals surface area contributed by atoms with Gasteiger partial charge in [-0.05, 0) is 60.9 Å². The molecule has 0 bridgehead atoms. The van der Waals surface area contributed by atoms with Crippen LogP contribution in [0.2, 0.25) is 0 Å². The van der Waals surface area contributed by atoms with E-state index in [4.69, 9.17) is 6.57 Å². The molecule has 0 saturated carbocycles. The van der Waals surface area contributed by atoms with Crippen molar-refractivity contribution < 1.29 is 26.7 Å². The fraction of sp³-hybridized carbons (Fsp3) is 0.185. The number of carbonyl (C=O) groups excluding carboxylic acids is 1. The summed E-state index contributed by atoms with van der Waals surface area (Å²) < 4.78 is 69.8. The monoisotopic (exact) mass is 482 g/mol. The lowest BCUT2D eigenvalue weighted by Gasteiger charge is -2.27. The number of aromatic nitrogens is 1. The van der Waals surface area contributed by atoms with Crippen molar-refractivity contribution >= 4 is 22.4 Å². The van der Waals surface area contributed by atoms with Gasteiger partial charge in [-0.15, -0.1) is 0 Å². The summed E-state index contributed by atoms with van der Waals surface area (Å²) in [4.78, 5) is 16.2. The first-order chi connectivity index (χ1) is 16.4. The summed E-state index contributed by atoms with van der Waals surface area (Å²) in [7, 11) is 0. The van der Waals surface area contributed by atoms with Crippen molar-refractivity contribution in [1.29, 1.82) is 0 Å². The third-order valence-corrected chi connectivity index (χ3v) is 6.07. The van der Waals surface area contributed by atoms with Gasteiger partial charge in [-0.3, -0.25) is 4.79 Å². The molecule has 0 amide bonds. The van der Waals surface area contributed by atoms with Crippen LogP contribution in [0.3, 0.4) is 0 Å². The second-order valence-electron chi connectivity index (χ2n) is 8.70. The zero-order valence-corrected chi connectivity index (χ0v) is 18.8. The molecule has 0 fully saturated rings. The Morgan fingerprint density at radius 3 is 2.26 bits per heavy atom. The first-order valence-electron chi connectivity index (χ1n) is 10.6. The summed E-state index contributed by atoms with van der Waals surface area (Å²) in [5.74, 6) is -1.34. The van der Waals surface area contributed by atoms with E-state index in [1.807, 2.05) is 0 Å². The summed E-state index contributed by atoms with van der Waals surface area (Å²) in [5, 5.41) is 0.275. The van der Waals surface area contributed by atoms with E-state index in [0.29, 0.717) is 16.6 Å². The van der Waals surface area contributed by atoms with Crippen LogP contribution >= 0.6 is 0 Å². The number of benzene rings is 3. The molecule has 35 heavy (non-hydrogen) atoms. The Morgan fingerprint density at radius 1 is 0.943 bits per heavy atom. The minimum absolute atomic E-state index is 0.123. The number of fused-ring (bicyclic) bond motifs is 1. The molecule has 0 N–H and O–H groups in total. The number of halogens is 5. The molecular formula is C27H19F5N2O. The topological polar surface area (TPSA) is 26.4 Å². The molecule has 1 aromatic heterocycles. The van der Waals surface area contributed by atoms with E-state index in [2.05, 4.69) is 4.85 Å². The van der Waals surface area contributed by atoms with Crippen LogP contribution in [0.15, 0.2) is 66.9 Å². The van der Waals surface area contributed by atoms with Gasteiger partial charge in [0, 0.05) is 18.0 Å². The predicted molar refractivity (Wildman–Crippen MR) is 123 cm³/mol. The highest BCUT2D eigenvalue weighted by atomic mass is 19.4. The highest BCUT2D eigenvalue weighted by molar-refractivity contribution is 5.92. The first kappa shape index (κ1) is 24.1. The van der Waals surface area contributed by atoms with Crippen molar-refractivity contribution in [3.63, 3.8) is 0 Å². The van der Waals surface area contributed by atoms with E-state index < -0.39 is 40.4 Å². The molecule has 4 aromatic rings. The van der Waals surface area contributed by atoms with E-state index in [1.165, 1.54) is 42.5 Å². The highest BCUT2D eigenvalue weighted by Crippen LogP contribution is 2.38. The molecule has 0 spiro atoms. The van der Waals surface area contributed by atoms with Crippen LogP contribution in [0.25, 0.3) is 26.9 Å². The summed E-state index contributed by atoms with van der Waals surface area (Å²) in [6.07, 6.45) is -3.48. The normalized spacial score (nSPS) is 12.1. The molecule has 0 aliphatic heterocycles. The second kappa shape index (κ2) is 8.66. The molecule has 3 nitrogen and oxygen atoms in total. The molecule has 0 radical (unpaired) electrons. The average Bonchev–Trinajstić information content (AvgIpc) is 3.24. The van der Waals surface area contributed by atoms with Gasteiger partial charge in [0.15, 0.2) is 11.5 Å². The van der Waals surface area contributed by atoms with Crippen LogP contribution in [0.5, 0.6) is 0 Å². The van der Waals surface area contributed by atoms with Gasteiger partial charge in [0.2, 0.25) is 0 Å². The molecule has 0 saturated heterocycles. The number of carbonyl (C=O) groups is 1. The van der Waals surface area contributed by atoms with Crippen molar-refractivity contribution in [3.8, 4) is 11.1 Å². The van der Waals surface area contributed by atoms with Crippen molar-refractivity contribution in [2.24, 2.45) is 0 Å². The third-order valence-electron chi connectivity index (χ3n) is 6.07. The Morgan fingerprint density at radius 2 is 1.63 bits per heavy atom. The Kier molecular flexibility index (Phi) is 5.97. The van der Waals surface area contributed by atoms with Crippen LogP contribution in [0.4, 0.5) is 27.6 Å². The van der Waals surface area contributed by atoms with E-state index in [9.17, 15) is 26.7 Å². The smallest absolute Gasteiger partial charge is 0.335 e. The molecule has 0 aliphatic rings. The minimum atomic E-state index is -4.72. The largest absolute Gasteiger partial charge is 0.407 e. The fourth-order valence-corrected chi connectivity index (χ4v) is 4.05. The standard InChI is InChI=1S/C27H19F5N2O/c1-26(2,25(35)13-16-4-9-23(33-3)21(12-16)27(30,31)32)34-11-10-20-22(29)14-18(15-24(20)34)17-5-7-19(28)8-6-17/h4-12,14-15H,13H2,1-2H3. The van der Waals surface area contributed by atoms with Crippen molar-refractivity contribution in [3.05, 3.63) is 101 Å². The summed E-state index contributed by atoms with van der Waals surface area (Å²) in [6, 6.07) is 13.3. The predicted octanol–water partition coefficient (Wildman–Crippen LogP) is 7.70. The molecule has 4 rings (SSSR count). The Bertz CT molecular complexity index is 1470. The Balaban J connectivity index is 1.72. The molecule has 0 unspecified atom stereocenters. The fourth-order valence-electron chi connectivity index (χ4n) is 4.05. The Labute approximate surface area is 198 Å². The third kappa shape index (κ3) is 4.54. The van der Waals surface area contributed by atoms with Gasteiger partial charge in [0.05, 0.1) is 23.2 Å². The quantitative estimate of drug-likeness (QED) is 0.211. The summed E-state index contributed by atoms with van der Waals surface area (Å²) in [5.41, 5.74) is -1.24. The lowest BCUT2D eigenvalue weighted by atomic mass is 9.92. The maximum atomic E-state index is 14.9. The zero-order valence-electron chi connectivity index (χ0n) is 18.8. The number of rotatable bonds is 5. The number of nitrogens with zero attached hydrogens (tertiary/aromatic N) is 2. The lowest BCUT2D eigenvalue weighted by molar-refractivity contribution is -0.137. The maximum Gasteiger partial charge on any atom is 0.407 e. The maximum absolute atomic E-state index is 14.9. The Hall–Kier alpha value is -3.99. The van der Waals surface area contributed by atoms with E-state index >= 15 is 0 Å². The van der Waals surface area contributed by atoms with Crippen LogP contribution < -0.4 is 0 Å². The lowest BCUT2D eigenvalue weighted by Crippen LogP contribution is -2.36. The van der Waals surface area contributed by atoms with E-state index in [1.54, 1.807) is 30.7 Å². The number of alkyl halides is 3. The van der Waals surface area contributed by atoms with E-state index in [-0.39, 0.29) is 17.4 Å². The number of ketones is 1. The van der Waals surface area contributed by atoms with Gasteiger partial charge in [0.1, 0.15) is 11.6 Å².